The van der Waals surface area contributed by atoms with E-state index < -0.39 is 0 Å². The summed E-state index contributed by atoms with van der Waals surface area (Å²) in [7, 11) is 0. The lowest BCUT2D eigenvalue weighted by molar-refractivity contribution is -0.0567. The van der Waals surface area contributed by atoms with Crippen LogP contribution in [0.2, 0.25) is 0 Å². The first-order valence-corrected chi connectivity index (χ1v) is 6.12. The van der Waals surface area contributed by atoms with E-state index in [1.165, 1.54) is 5.56 Å². The van der Waals surface area contributed by atoms with E-state index in [4.69, 9.17) is 21.1 Å². The van der Waals surface area contributed by atoms with Crippen molar-refractivity contribution in [3.8, 4) is 0 Å². The topological polar surface area (TPSA) is 18.5 Å². The van der Waals surface area contributed by atoms with Crippen molar-refractivity contribution in [3.63, 3.8) is 0 Å². The number of halogens is 2. The predicted molar refractivity (Wildman–Crippen MR) is 63.2 cm³/mol. The SMILES string of the molecule is Cc1ccc(C2OCC(CCl)O2)cc1Br. The summed E-state index contributed by atoms with van der Waals surface area (Å²) in [5.74, 6) is 0.476. The Hall–Kier alpha value is -0.0900. The Morgan fingerprint density at radius 3 is 2.93 bits per heavy atom. The summed E-state index contributed by atoms with van der Waals surface area (Å²) < 4.78 is 12.2. The minimum Gasteiger partial charge on any atom is -0.346 e. The van der Waals surface area contributed by atoms with Crippen LogP contribution in [0.1, 0.15) is 17.4 Å². The van der Waals surface area contributed by atoms with Crippen LogP contribution in [-0.2, 0) is 9.47 Å². The highest BCUT2D eigenvalue weighted by atomic mass is 79.9. The Balaban J connectivity index is 2.13. The van der Waals surface area contributed by atoms with Gasteiger partial charge in [-0.15, -0.1) is 11.6 Å². The van der Waals surface area contributed by atoms with Crippen LogP contribution in [0.3, 0.4) is 0 Å². The Morgan fingerprint density at radius 2 is 2.33 bits per heavy atom. The first-order chi connectivity index (χ1) is 7.20. The monoisotopic (exact) mass is 290 g/mol. The van der Waals surface area contributed by atoms with Gasteiger partial charge in [0.15, 0.2) is 6.29 Å². The van der Waals surface area contributed by atoms with E-state index in [9.17, 15) is 0 Å². The molecule has 0 bridgehead atoms. The van der Waals surface area contributed by atoms with E-state index >= 15 is 0 Å². The third-order valence-corrected chi connectivity index (χ3v) is 3.59. The summed E-state index contributed by atoms with van der Waals surface area (Å²) in [6, 6.07) is 6.08. The molecule has 15 heavy (non-hydrogen) atoms. The highest BCUT2D eigenvalue weighted by molar-refractivity contribution is 9.10. The zero-order valence-corrected chi connectivity index (χ0v) is 10.7. The summed E-state index contributed by atoms with van der Waals surface area (Å²) >= 11 is 9.19. The average molecular weight is 292 g/mol. The molecule has 1 aliphatic heterocycles. The molecule has 1 saturated heterocycles. The number of ether oxygens (including phenoxy) is 2. The minimum atomic E-state index is -0.273. The van der Waals surface area contributed by atoms with Crippen molar-refractivity contribution in [1.82, 2.24) is 0 Å². The second-order valence-electron chi connectivity index (χ2n) is 3.59. The number of hydrogen-bond acceptors (Lipinski definition) is 2. The number of aryl methyl sites for hydroxylation is 1. The van der Waals surface area contributed by atoms with Gasteiger partial charge in [-0.05, 0) is 18.6 Å². The Kier molecular flexibility index (Phi) is 3.67. The van der Waals surface area contributed by atoms with E-state index in [0.717, 1.165) is 10.0 Å². The molecule has 0 aromatic heterocycles. The fourth-order valence-corrected chi connectivity index (χ4v) is 2.02. The summed E-state index contributed by atoms with van der Waals surface area (Å²) in [5.41, 5.74) is 2.23. The highest BCUT2D eigenvalue weighted by Crippen LogP contribution is 2.30. The van der Waals surface area contributed by atoms with Crippen LogP contribution in [0.25, 0.3) is 0 Å². The van der Waals surface area contributed by atoms with Crippen LogP contribution >= 0.6 is 27.5 Å². The standard InChI is InChI=1S/C11H12BrClO2/c1-7-2-3-8(4-10(7)12)11-14-6-9(5-13)15-11/h2-4,9,11H,5-6H2,1H3. The summed E-state index contributed by atoms with van der Waals surface area (Å²) in [6.07, 6.45) is -0.262. The summed E-state index contributed by atoms with van der Waals surface area (Å²) in [6.45, 7) is 2.62. The van der Waals surface area contributed by atoms with E-state index in [2.05, 4.69) is 15.9 Å². The third kappa shape index (κ3) is 2.53. The molecule has 2 unspecified atom stereocenters. The number of alkyl halides is 1. The van der Waals surface area contributed by atoms with Crippen LogP contribution in [0.5, 0.6) is 0 Å². The van der Waals surface area contributed by atoms with Gasteiger partial charge in [0.05, 0.1) is 18.6 Å². The van der Waals surface area contributed by atoms with Crippen LogP contribution < -0.4 is 0 Å². The largest absolute Gasteiger partial charge is 0.346 e. The number of rotatable bonds is 2. The maximum absolute atomic E-state index is 5.70. The smallest absolute Gasteiger partial charge is 0.184 e. The maximum atomic E-state index is 5.70. The van der Waals surface area contributed by atoms with E-state index in [-0.39, 0.29) is 12.4 Å². The Labute approximate surface area is 103 Å². The van der Waals surface area contributed by atoms with Gasteiger partial charge in [-0.25, -0.2) is 0 Å². The molecule has 0 aliphatic carbocycles. The van der Waals surface area contributed by atoms with Gasteiger partial charge >= 0.3 is 0 Å². The van der Waals surface area contributed by atoms with Crippen LogP contribution in [0.4, 0.5) is 0 Å². The molecule has 2 nitrogen and oxygen atoms in total. The molecule has 0 radical (unpaired) electrons. The third-order valence-electron chi connectivity index (χ3n) is 2.39. The second kappa shape index (κ2) is 4.83. The van der Waals surface area contributed by atoms with Gasteiger partial charge in [-0.3, -0.25) is 0 Å². The molecule has 2 rings (SSSR count). The summed E-state index contributed by atoms with van der Waals surface area (Å²) in [4.78, 5) is 0. The lowest BCUT2D eigenvalue weighted by Gasteiger charge is -2.11. The highest BCUT2D eigenvalue weighted by Gasteiger charge is 2.26. The van der Waals surface area contributed by atoms with Crippen LogP contribution in [-0.4, -0.2) is 18.6 Å². The number of hydrogen-bond donors (Lipinski definition) is 0. The normalized spacial score (nSPS) is 25.8. The van der Waals surface area contributed by atoms with E-state index in [0.29, 0.717) is 12.5 Å². The lowest BCUT2D eigenvalue weighted by atomic mass is 10.1. The fourth-order valence-electron chi connectivity index (χ4n) is 1.46. The quantitative estimate of drug-likeness (QED) is 0.778. The second-order valence-corrected chi connectivity index (χ2v) is 4.75. The van der Waals surface area contributed by atoms with Crippen molar-refractivity contribution in [3.05, 3.63) is 33.8 Å². The van der Waals surface area contributed by atoms with E-state index in [1.807, 2.05) is 25.1 Å². The Bertz CT molecular complexity index is 356. The molecule has 1 fully saturated rings. The van der Waals surface area contributed by atoms with Crippen LogP contribution in [0.15, 0.2) is 22.7 Å². The zero-order chi connectivity index (χ0) is 10.8. The summed E-state index contributed by atoms with van der Waals surface area (Å²) in [5, 5.41) is 0. The molecule has 1 aromatic carbocycles. The molecule has 1 aromatic rings. The molecule has 1 heterocycles. The van der Waals surface area contributed by atoms with Crippen molar-refractivity contribution in [2.75, 3.05) is 12.5 Å². The lowest BCUT2D eigenvalue weighted by Crippen LogP contribution is -2.10. The predicted octanol–water partition coefficient (Wildman–Crippen LogP) is 3.41. The zero-order valence-electron chi connectivity index (χ0n) is 8.37. The van der Waals surface area contributed by atoms with Crippen molar-refractivity contribution >= 4 is 27.5 Å². The molecular weight excluding hydrogens is 279 g/mol. The van der Waals surface area contributed by atoms with Crippen molar-refractivity contribution < 1.29 is 9.47 Å². The molecular formula is C11H12BrClO2. The molecule has 4 heteroatoms. The van der Waals surface area contributed by atoms with Gasteiger partial charge in [0, 0.05) is 10.0 Å². The first kappa shape index (κ1) is 11.4. The van der Waals surface area contributed by atoms with Crippen LogP contribution in [0, 0.1) is 6.92 Å². The van der Waals surface area contributed by atoms with Gasteiger partial charge in [0.1, 0.15) is 0 Å². The molecule has 0 N–H and O–H groups in total. The first-order valence-electron chi connectivity index (χ1n) is 4.80. The number of benzene rings is 1. The van der Waals surface area contributed by atoms with Gasteiger partial charge in [0.25, 0.3) is 0 Å². The van der Waals surface area contributed by atoms with Crippen molar-refractivity contribution in [2.45, 2.75) is 19.3 Å². The van der Waals surface area contributed by atoms with Gasteiger partial charge < -0.3 is 9.47 Å². The average Bonchev–Trinajstić information content (AvgIpc) is 2.70. The molecule has 0 spiro atoms. The van der Waals surface area contributed by atoms with Crippen molar-refractivity contribution in [2.24, 2.45) is 0 Å². The minimum absolute atomic E-state index is 0.0109. The maximum Gasteiger partial charge on any atom is 0.184 e. The molecule has 82 valence electrons. The molecule has 0 saturated carbocycles. The van der Waals surface area contributed by atoms with Gasteiger partial charge in [-0.1, -0.05) is 28.1 Å². The molecule has 0 amide bonds. The molecule has 1 aliphatic rings. The van der Waals surface area contributed by atoms with Gasteiger partial charge in [0.2, 0.25) is 0 Å². The van der Waals surface area contributed by atoms with Gasteiger partial charge in [-0.2, -0.15) is 0 Å². The van der Waals surface area contributed by atoms with Crippen molar-refractivity contribution in [1.29, 1.82) is 0 Å². The van der Waals surface area contributed by atoms with E-state index in [1.54, 1.807) is 0 Å². The fraction of sp³-hybridized carbons (Fsp3) is 0.455. The Morgan fingerprint density at radius 1 is 1.53 bits per heavy atom. The molecule has 2 atom stereocenters.